The molecule has 0 aliphatic carbocycles. The summed E-state index contributed by atoms with van der Waals surface area (Å²) in [5, 5.41) is 0. The quantitative estimate of drug-likeness (QED) is 0.538. The van der Waals surface area contributed by atoms with E-state index in [-0.39, 0.29) is 18.9 Å². The van der Waals surface area contributed by atoms with Gasteiger partial charge in [-0.3, -0.25) is 9.59 Å². The summed E-state index contributed by atoms with van der Waals surface area (Å²) in [6, 6.07) is 0. The van der Waals surface area contributed by atoms with E-state index >= 15 is 0 Å². The Kier molecular flexibility index (Phi) is 7.39. The number of nitrogens with zero attached hydrogens (tertiary/aromatic N) is 1. The molecule has 0 spiro atoms. The lowest BCUT2D eigenvalue weighted by Crippen LogP contribution is -2.33. The first-order chi connectivity index (χ1) is 9.63. The molecule has 0 saturated carbocycles. The molecule has 0 radical (unpaired) electrons. The summed E-state index contributed by atoms with van der Waals surface area (Å²) in [5.74, 6) is -0.805. The average molecular weight is 283 g/mol. The predicted octanol–water partition coefficient (Wildman–Crippen LogP) is 1.05. The van der Waals surface area contributed by atoms with Crippen LogP contribution in [-0.4, -0.2) is 49.6 Å². The summed E-state index contributed by atoms with van der Waals surface area (Å²) < 4.78 is 9.41. The SMILES string of the molecule is COC(=O)C/C=C\C(=O)OCCN1CCCCCC1=O. The molecule has 0 aromatic rings. The van der Waals surface area contributed by atoms with Gasteiger partial charge in [0.15, 0.2) is 0 Å². The molecule has 112 valence electrons. The Morgan fingerprint density at radius 1 is 1.30 bits per heavy atom. The number of carbonyl (C=O) groups is 3. The van der Waals surface area contributed by atoms with Crippen molar-refractivity contribution in [1.29, 1.82) is 0 Å². The average Bonchev–Trinajstić information content (AvgIpc) is 2.64. The van der Waals surface area contributed by atoms with Gasteiger partial charge in [0, 0.05) is 19.0 Å². The summed E-state index contributed by atoms with van der Waals surface area (Å²) in [7, 11) is 1.28. The normalized spacial score (nSPS) is 16.1. The van der Waals surface area contributed by atoms with Crippen LogP contribution in [0.5, 0.6) is 0 Å². The lowest BCUT2D eigenvalue weighted by Gasteiger charge is -2.19. The maximum Gasteiger partial charge on any atom is 0.330 e. The van der Waals surface area contributed by atoms with Crippen molar-refractivity contribution >= 4 is 17.8 Å². The number of amides is 1. The molecule has 0 aromatic heterocycles. The fourth-order valence-electron chi connectivity index (χ4n) is 1.91. The molecule has 6 nitrogen and oxygen atoms in total. The third kappa shape index (κ3) is 6.36. The Bertz CT molecular complexity index is 378. The van der Waals surface area contributed by atoms with Crippen molar-refractivity contribution in [3.05, 3.63) is 12.2 Å². The molecule has 1 aliphatic heterocycles. The lowest BCUT2D eigenvalue weighted by molar-refractivity contribution is -0.140. The highest BCUT2D eigenvalue weighted by molar-refractivity contribution is 5.83. The summed E-state index contributed by atoms with van der Waals surface area (Å²) >= 11 is 0. The van der Waals surface area contributed by atoms with Gasteiger partial charge in [0.25, 0.3) is 0 Å². The minimum absolute atomic E-state index is 0.0379. The Morgan fingerprint density at radius 2 is 2.10 bits per heavy atom. The van der Waals surface area contributed by atoms with Crippen LogP contribution < -0.4 is 0 Å². The number of carbonyl (C=O) groups excluding carboxylic acids is 3. The molecule has 1 aliphatic rings. The van der Waals surface area contributed by atoms with E-state index in [9.17, 15) is 14.4 Å². The van der Waals surface area contributed by atoms with Crippen molar-refractivity contribution in [3.8, 4) is 0 Å². The largest absolute Gasteiger partial charge is 0.469 e. The smallest absolute Gasteiger partial charge is 0.330 e. The fraction of sp³-hybridized carbons (Fsp3) is 0.643. The Labute approximate surface area is 118 Å². The van der Waals surface area contributed by atoms with Crippen LogP contribution in [0.2, 0.25) is 0 Å². The number of methoxy groups -OCH3 is 1. The maximum absolute atomic E-state index is 11.7. The maximum atomic E-state index is 11.7. The second-order valence-electron chi connectivity index (χ2n) is 4.54. The summed E-state index contributed by atoms with van der Waals surface area (Å²) in [5.41, 5.74) is 0. The second kappa shape index (κ2) is 9.12. The fourth-order valence-corrected chi connectivity index (χ4v) is 1.91. The van der Waals surface area contributed by atoms with E-state index in [1.807, 2.05) is 0 Å². The molecule has 1 saturated heterocycles. The molecule has 0 unspecified atom stereocenters. The Morgan fingerprint density at radius 3 is 2.85 bits per heavy atom. The van der Waals surface area contributed by atoms with Crippen LogP contribution in [0.15, 0.2) is 12.2 Å². The van der Waals surface area contributed by atoms with E-state index in [0.717, 1.165) is 25.8 Å². The van der Waals surface area contributed by atoms with Crippen molar-refractivity contribution in [2.24, 2.45) is 0 Å². The number of esters is 2. The zero-order valence-electron chi connectivity index (χ0n) is 11.8. The molecule has 0 atom stereocenters. The van der Waals surface area contributed by atoms with Crippen LogP contribution in [-0.2, 0) is 23.9 Å². The van der Waals surface area contributed by atoms with Crippen molar-refractivity contribution in [3.63, 3.8) is 0 Å². The Balaban J connectivity index is 2.20. The lowest BCUT2D eigenvalue weighted by atomic mass is 10.2. The van der Waals surface area contributed by atoms with Gasteiger partial charge in [-0.15, -0.1) is 0 Å². The van der Waals surface area contributed by atoms with Crippen LogP contribution >= 0.6 is 0 Å². The molecule has 1 rings (SSSR count). The van der Waals surface area contributed by atoms with Gasteiger partial charge >= 0.3 is 11.9 Å². The number of hydrogen-bond acceptors (Lipinski definition) is 5. The van der Waals surface area contributed by atoms with E-state index in [4.69, 9.17) is 4.74 Å². The zero-order valence-corrected chi connectivity index (χ0v) is 11.8. The van der Waals surface area contributed by atoms with Gasteiger partial charge in [-0.1, -0.05) is 12.5 Å². The summed E-state index contributed by atoms with van der Waals surface area (Å²) in [6.45, 7) is 1.33. The van der Waals surface area contributed by atoms with Crippen molar-refractivity contribution in [2.45, 2.75) is 32.1 Å². The van der Waals surface area contributed by atoms with E-state index in [0.29, 0.717) is 13.0 Å². The van der Waals surface area contributed by atoms with Crippen LogP contribution in [0.4, 0.5) is 0 Å². The van der Waals surface area contributed by atoms with Gasteiger partial charge in [-0.2, -0.15) is 0 Å². The van der Waals surface area contributed by atoms with Gasteiger partial charge in [0.1, 0.15) is 6.61 Å². The predicted molar refractivity (Wildman–Crippen MR) is 71.8 cm³/mol. The molecule has 0 N–H and O–H groups in total. The molecule has 6 heteroatoms. The molecular formula is C14H21NO5. The van der Waals surface area contributed by atoms with Gasteiger partial charge in [0.2, 0.25) is 5.91 Å². The van der Waals surface area contributed by atoms with Gasteiger partial charge in [-0.05, 0) is 12.8 Å². The third-order valence-electron chi connectivity index (χ3n) is 3.04. The zero-order chi connectivity index (χ0) is 14.8. The highest BCUT2D eigenvalue weighted by Crippen LogP contribution is 2.10. The van der Waals surface area contributed by atoms with E-state index in [2.05, 4.69) is 4.74 Å². The van der Waals surface area contributed by atoms with Gasteiger partial charge < -0.3 is 14.4 Å². The van der Waals surface area contributed by atoms with Crippen molar-refractivity contribution < 1.29 is 23.9 Å². The molecule has 1 fully saturated rings. The highest BCUT2D eigenvalue weighted by atomic mass is 16.5. The standard InChI is InChI=1S/C14H21NO5/c1-19-13(17)7-5-8-14(18)20-11-10-15-9-4-2-3-6-12(15)16/h5,8H,2-4,6-7,9-11H2,1H3/b8-5-. The number of rotatable bonds is 6. The number of hydrogen-bond donors (Lipinski definition) is 0. The molecular weight excluding hydrogens is 262 g/mol. The highest BCUT2D eigenvalue weighted by Gasteiger charge is 2.16. The second-order valence-corrected chi connectivity index (χ2v) is 4.54. The minimum Gasteiger partial charge on any atom is -0.469 e. The molecule has 20 heavy (non-hydrogen) atoms. The molecule has 1 amide bonds. The van der Waals surface area contributed by atoms with Crippen LogP contribution in [0.1, 0.15) is 32.1 Å². The minimum atomic E-state index is -0.517. The topological polar surface area (TPSA) is 72.9 Å². The molecule has 1 heterocycles. The van der Waals surface area contributed by atoms with Crippen LogP contribution in [0.25, 0.3) is 0 Å². The van der Waals surface area contributed by atoms with Crippen LogP contribution in [0.3, 0.4) is 0 Å². The first kappa shape index (κ1) is 16.2. The van der Waals surface area contributed by atoms with E-state index in [1.54, 1.807) is 4.90 Å². The van der Waals surface area contributed by atoms with E-state index in [1.165, 1.54) is 19.3 Å². The summed E-state index contributed by atoms with van der Waals surface area (Å²) in [4.78, 5) is 35.6. The van der Waals surface area contributed by atoms with Gasteiger partial charge in [0.05, 0.1) is 20.1 Å². The molecule has 0 aromatic carbocycles. The molecule has 0 bridgehead atoms. The van der Waals surface area contributed by atoms with E-state index < -0.39 is 11.9 Å². The number of ether oxygens (including phenoxy) is 2. The Hall–Kier alpha value is -1.85. The summed E-state index contributed by atoms with van der Waals surface area (Å²) in [6.07, 6.45) is 6.21. The van der Waals surface area contributed by atoms with Crippen LogP contribution in [0, 0.1) is 0 Å². The number of likely N-dealkylation sites (tertiary alicyclic amines) is 1. The third-order valence-corrected chi connectivity index (χ3v) is 3.04. The van der Waals surface area contributed by atoms with Crippen molar-refractivity contribution in [1.82, 2.24) is 4.90 Å². The monoisotopic (exact) mass is 283 g/mol. The first-order valence-electron chi connectivity index (χ1n) is 6.81. The van der Waals surface area contributed by atoms with Crippen molar-refractivity contribution in [2.75, 3.05) is 26.8 Å². The van der Waals surface area contributed by atoms with Gasteiger partial charge in [-0.25, -0.2) is 4.79 Å². The first-order valence-corrected chi connectivity index (χ1v) is 6.81.